The molecule has 2 aromatic heterocycles. The Balaban J connectivity index is 1.20. The molecular formula is C30H42N7O18P3S. The number of aliphatic hydroxyl groups is 2. The van der Waals surface area contributed by atoms with Crippen LogP contribution in [0.2, 0.25) is 0 Å². The van der Waals surface area contributed by atoms with Crippen LogP contribution >= 0.6 is 35.2 Å². The van der Waals surface area contributed by atoms with Crippen molar-refractivity contribution in [3.05, 3.63) is 48.6 Å². The van der Waals surface area contributed by atoms with E-state index in [1.807, 2.05) is 0 Å². The quantitative estimate of drug-likeness (QED) is 0.0384. The number of nitrogens with two attached hydrogens (primary N) is 1. The van der Waals surface area contributed by atoms with Crippen LogP contribution in [0.4, 0.5) is 5.82 Å². The fourth-order valence-electron chi connectivity index (χ4n) is 5.08. The van der Waals surface area contributed by atoms with Crippen LogP contribution in [0.3, 0.4) is 0 Å². The lowest BCUT2D eigenvalue weighted by atomic mass is 9.87. The molecule has 1 aliphatic heterocycles. The molecule has 326 valence electrons. The van der Waals surface area contributed by atoms with Crippen LogP contribution in [0.5, 0.6) is 5.75 Å². The lowest BCUT2D eigenvalue weighted by Gasteiger charge is -2.30. The van der Waals surface area contributed by atoms with E-state index in [-0.39, 0.29) is 53.1 Å². The van der Waals surface area contributed by atoms with Gasteiger partial charge in [-0.3, -0.25) is 32.5 Å². The molecule has 1 fully saturated rings. The topological polar surface area (TPSA) is 384 Å². The molecule has 2 unspecified atom stereocenters. The van der Waals surface area contributed by atoms with E-state index in [0.29, 0.717) is 5.56 Å². The molecule has 0 saturated carbocycles. The molecule has 3 aromatic rings. The van der Waals surface area contributed by atoms with Crippen molar-refractivity contribution in [2.45, 2.75) is 50.9 Å². The van der Waals surface area contributed by atoms with E-state index in [9.17, 15) is 63.0 Å². The SMILES string of the molecule is CC(C)(COP(=O)(O)OP(=O)(O)OC[C@H]1O[C@@H](n2cnc3c(N)ncnc32)[C@H](O)[C@@H]1OP(=O)(O)O)[C@@H](O)C(=O)NCCC(=O)NCCSC(=O)C=Cc1ccc(O)cc1. The van der Waals surface area contributed by atoms with Gasteiger partial charge in [0.05, 0.1) is 19.5 Å². The lowest BCUT2D eigenvalue weighted by Crippen LogP contribution is -2.46. The molecule has 3 heterocycles. The summed E-state index contributed by atoms with van der Waals surface area (Å²) < 4.78 is 62.1. The van der Waals surface area contributed by atoms with Gasteiger partial charge in [0.1, 0.15) is 42.0 Å². The van der Waals surface area contributed by atoms with E-state index >= 15 is 0 Å². The number of carbonyl (C=O) groups is 3. The normalized spacial score (nSPS) is 21.2. The van der Waals surface area contributed by atoms with Gasteiger partial charge in [-0.1, -0.05) is 43.8 Å². The number of nitrogen functional groups attached to an aromatic ring is 1. The second-order valence-corrected chi connectivity index (χ2v) is 18.5. The molecule has 1 aliphatic rings. The van der Waals surface area contributed by atoms with E-state index < -0.39 is 84.6 Å². The van der Waals surface area contributed by atoms with Crippen molar-refractivity contribution in [3.63, 3.8) is 0 Å². The number of anilines is 1. The molecule has 29 heteroatoms. The van der Waals surface area contributed by atoms with Crippen molar-refractivity contribution >= 4 is 75.2 Å². The Bertz CT molecular complexity index is 2140. The van der Waals surface area contributed by atoms with E-state index in [1.54, 1.807) is 18.2 Å². The maximum atomic E-state index is 12.7. The highest BCUT2D eigenvalue weighted by Crippen LogP contribution is 2.61. The van der Waals surface area contributed by atoms with Gasteiger partial charge in [-0.05, 0) is 23.8 Å². The van der Waals surface area contributed by atoms with E-state index in [0.717, 1.165) is 29.0 Å². The second-order valence-electron chi connectivity index (χ2n) is 13.2. The predicted octanol–water partition coefficient (Wildman–Crippen LogP) is 0.0837. The number of benzene rings is 1. The Morgan fingerprint density at radius 3 is 2.39 bits per heavy atom. The first-order chi connectivity index (χ1) is 27.5. The second kappa shape index (κ2) is 20.3. The first-order valence-electron chi connectivity index (χ1n) is 17.0. The van der Waals surface area contributed by atoms with Gasteiger partial charge in [0, 0.05) is 30.7 Å². The number of nitrogens with zero attached hydrogens (tertiary/aromatic N) is 4. The largest absolute Gasteiger partial charge is 0.508 e. The number of amides is 2. The third kappa shape index (κ3) is 14.5. The predicted molar refractivity (Wildman–Crippen MR) is 204 cm³/mol. The maximum Gasteiger partial charge on any atom is 0.481 e. The summed E-state index contributed by atoms with van der Waals surface area (Å²) >= 11 is 0.956. The summed E-state index contributed by atoms with van der Waals surface area (Å²) in [4.78, 5) is 87.7. The molecule has 0 radical (unpaired) electrons. The number of phenolic OH excluding ortho intramolecular Hbond substituents is 1. The Morgan fingerprint density at radius 1 is 1.03 bits per heavy atom. The van der Waals surface area contributed by atoms with Crippen molar-refractivity contribution in [3.8, 4) is 5.75 Å². The fraction of sp³-hybridized carbons (Fsp3) is 0.467. The Labute approximate surface area is 338 Å². The third-order valence-electron chi connectivity index (χ3n) is 8.05. The lowest BCUT2D eigenvalue weighted by molar-refractivity contribution is -0.137. The van der Waals surface area contributed by atoms with Gasteiger partial charge < -0.3 is 56.0 Å². The summed E-state index contributed by atoms with van der Waals surface area (Å²) in [5.74, 6) is -1.17. The van der Waals surface area contributed by atoms with Gasteiger partial charge in [0.15, 0.2) is 17.7 Å². The minimum absolute atomic E-state index is 0.0243. The number of nitrogens with one attached hydrogen (secondary N) is 2. The smallest absolute Gasteiger partial charge is 0.481 e. The van der Waals surface area contributed by atoms with Gasteiger partial charge in [-0.25, -0.2) is 28.6 Å². The number of hydrogen-bond donors (Lipinski definition) is 10. The van der Waals surface area contributed by atoms with Crippen LogP contribution in [-0.4, -0.2) is 128 Å². The summed E-state index contributed by atoms with van der Waals surface area (Å²) in [6, 6.07) is 6.21. The summed E-state index contributed by atoms with van der Waals surface area (Å²) in [5.41, 5.74) is 4.94. The minimum Gasteiger partial charge on any atom is -0.508 e. The number of ether oxygens (including phenoxy) is 1. The maximum absolute atomic E-state index is 12.7. The molecule has 59 heavy (non-hydrogen) atoms. The van der Waals surface area contributed by atoms with Gasteiger partial charge >= 0.3 is 23.5 Å². The first-order valence-corrected chi connectivity index (χ1v) is 22.5. The number of carbonyl (C=O) groups excluding carboxylic acids is 3. The third-order valence-corrected chi connectivity index (χ3v) is 12.0. The highest BCUT2D eigenvalue weighted by Gasteiger charge is 2.50. The highest BCUT2D eigenvalue weighted by molar-refractivity contribution is 8.14. The van der Waals surface area contributed by atoms with Crippen LogP contribution in [0.25, 0.3) is 17.2 Å². The molecular weight excluding hydrogens is 871 g/mol. The van der Waals surface area contributed by atoms with Crippen LogP contribution in [-0.2, 0) is 50.7 Å². The number of hydrogen-bond acceptors (Lipinski definition) is 19. The van der Waals surface area contributed by atoms with Crippen molar-refractivity contribution in [1.82, 2.24) is 30.2 Å². The van der Waals surface area contributed by atoms with Crippen LogP contribution < -0.4 is 16.4 Å². The van der Waals surface area contributed by atoms with Gasteiger partial charge in [0.25, 0.3) is 0 Å². The molecule has 25 nitrogen and oxygen atoms in total. The zero-order valence-electron chi connectivity index (χ0n) is 31.0. The average molecular weight is 914 g/mol. The van der Waals surface area contributed by atoms with Crippen LogP contribution in [0.15, 0.2) is 43.0 Å². The van der Waals surface area contributed by atoms with Crippen molar-refractivity contribution < 1.29 is 85.6 Å². The number of thioether (sulfide) groups is 1. The Hall–Kier alpha value is -3.68. The van der Waals surface area contributed by atoms with Gasteiger partial charge in [-0.2, -0.15) is 4.31 Å². The monoisotopic (exact) mass is 913 g/mol. The van der Waals surface area contributed by atoms with E-state index in [4.69, 9.17) is 19.5 Å². The number of phosphoric ester groups is 3. The number of aliphatic hydroxyl groups excluding tert-OH is 2. The zero-order valence-corrected chi connectivity index (χ0v) is 34.5. The number of phenols is 1. The summed E-state index contributed by atoms with van der Waals surface area (Å²) in [7, 11) is -16.4. The van der Waals surface area contributed by atoms with Crippen LogP contribution in [0.1, 0.15) is 32.1 Å². The summed E-state index contributed by atoms with van der Waals surface area (Å²) in [5, 5.41) is 35.4. The minimum atomic E-state index is -5.58. The molecule has 4 rings (SSSR count). The number of phosphoric acid groups is 3. The zero-order chi connectivity index (χ0) is 43.8. The molecule has 0 spiro atoms. The van der Waals surface area contributed by atoms with Gasteiger partial charge in [-0.15, -0.1) is 0 Å². The summed E-state index contributed by atoms with van der Waals surface area (Å²) in [6.07, 6.45) is -4.10. The Kier molecular flexibility index (Phi) is 16.5. The molecule has 1 saturated heterocycles. The van der Waals surface area contributed by atoms with Crippen molar-refractivity contribution in [2.24, 2.45) is 5.41 Å². The van der Waals surface area contributed by atoms with Crippen molar-refractivity contribution in [1.29, 1.82) is 0 Å². The number of aromatic nitrogens is 4. The standard InChI is InChI=1S/C30H42N7O18P3S/c1-30(2,25(42)28(43)33-10-9-20(39)32-11-12-59-21(40)8-5-17-3-6-18(38)7-4-17)14-52-58(49,50)55-57(47,48)51-13-19-24(54-56(44,45)46)23(41)29(53-19)37-16-36-22-26(31)34-15-35-27(22)37/h3-8,15-16,19,23-25,29,38,41-42H,9-14H2,1-2H3,(H,32,39)(H,33,43)(H,47,48)(H,49,50)(H2,31,34,35)(H2,44,45,46)/t19-,23-,24-,25+,29-/m1/s1. The molecule has 2 amide bonds. The number of imidazole rings is 1. The van der Waals surface area contributed by atoms with Gasteiger partial charge in [0.2, 0.25) is 16.9 Å². The molecule has 1 aromatic carbocycles. The number of fused-ring (bicyclic) bond motifs is 1. The van der Waals surface area contributed by atoms with E-state index in [1.165, 1.54) is 32.1 Å². The molecule has 0 aliphatic carbocycles. The van der Waals surface area contributed by atoms with E-state index in [2.05, 4.69) is 34.4 Å². The summed E-state index contributed by atoms with van der Waals surface area (Å²) in [6.45, 7) is 0.345. The number of rotatable bonds is 21. The van der Waals surface area contributed by atoms with Crippen molar-refractivity contribution in [2.75, 3.05) is 37.8 Å². The molecule has 11 N–H and O–H groups in total. The Morgan fingerprint density at radius 2 is 1.71 bits per heavy atom. The average Bonchev–Trinajstić information content (AvgIpc) is 3.71. The van der Waals surface area contributed by atoms with Crippen LogP contribution in [0, 0.1) is 5.41 Å². The fourth-order valence-corrected chi connectivity index (χ4v) is 8.48. The number of aromatic hydroxyl groups is 1. The molecule has 7 atom stereocenters. The first kappa shape index (κ1) is 48.0. The highest BCUT2D eigenvalue weighted by atomic mass is 32.2. The molecule has 0 bridgehead atoms.